The second-order valence-corrected chi connectivity index (χ2v) is 8.61. The van der Waals surface area contributed by atoms with E-state index in [-0.39, 0.29) is 23.8 Å². The van der Waals surface area contributed by atoms with Crippen LogP contribution in [0.15, 0.2) is 18.2 Å². The normalized spacial score (nSPS) is 20.9. The Bertz CT molecular complexity index is 947. The maximum atomic E-state index is 14.2. The molecule has 1 aromatic carbocycles. The number of hydrogen-bond acceptors (Lipinski definition) is 6. The number of nitrogens with zero attached hydrogens (tertiary/aromatic N) is 4. The van der Waals surface area contributed by atoms with Gasteiger partial charge in [0.2, 0.25) is 5.91 Å². The number of imide groups is 1. The molecule has 0 atom stereocenters. The lowest BCUT2D eigenvalue weighted by atomic mass is 9.82. The molecule has 9 nitrogen and oxygen atoms in total. The molecule has 0 aromatic heterocycles. The lowest BCUT2D eigenvalue weighted by Crippen LogP contribution is -2.51. The Kier molecular flexibility index (Phi) is 6.28. The number of benzene rings is 1. The Hall–Kier alpha value is -3.19. The fraction of sp³-hybridized carbons (Fsp3) is 0.545. The van der Waals surface area contributed by atoms with Crippen LogP contribution in [0.5, 0.6) is 0 Å². The number of carbonyl (C=O) groups is 3. The molecule has 0 bridgehead atoms. The predicted molar refractivity (Wildman–Crippen MR) is 114 cm³/mol. The van der Waals surface area contributed by atoms with Gasteiger partial charge < -0.3 is 10.2 Å². The van der Waals surface area contributed by atoms with E-state index in [2.05, 4.69) is 15.6 Å². The summed E-state index contributed by atoms with van der Waals surface area (Å²) in [7, 11) is 0. The van der Waals surface area contributed by atoms with Crippen LogP contribution in [-0.4, -0.2) is 66.0 Å². The van der Waals surface area contributed by atoms with E-state index in [1.54, 1.807) is 12.1 Å². The van der Waals surface area contributed by atoms with Crippen LogP contribution >= 0.6 is 0 Å². The van der Waals surface area contributed by atoms with Gasteiger partial charge in [0.05, 0.1) is 17.3 Å². The number of halogens is 1. The standard InChI is InChI=1S/C22H27FN6O3/c23-17-14-16(15-24)4-5-18(17)28-12-10-27(11-13-28)9-6-19(30)26-29-20(31)22(25-21(29)32)7-2-1-3-8-22/h4-5,14H,1-3,6-13H2,(H,25,32)(H,26,30). The molecule has 32 heavy (non-hydrogen) atoms. The van der Waals surface area contributed by atoms with Gasteiger partial charge in [-0.1, -0.05) is 19.3 Å². The van der Waals surface area contributed by atoms with Crippen molar-refractivity contribution in [1.82, 2.24) is 20.7 Å². The maximum absolute atomic E-state index is 14.2. The van der Waals surface area contributed by atoms with Gasteiger partial charge in [0, 0.05) is 39.1 Å². The highest BCUT2D eigenvalue weighted by Crippen LogP contribution is 2.33. The van der Waals surface area contributed by atoms with Crippen molar-refractivity contribution in [3.8, 4) is 6.07 Å². The zero-order valence-electron chi connectivity index (χ0n) is 17.9. The molecule has 2 aliphatic heterocycles. The van der Waals surface area contributed by atoms with Crippen LogP contribution in [0.3, 0.4) is 0 Å². The Morgan fingerprint density at radius 3 is 2.53 bits per heavy atom. The molecule has 1 aliphatic carbocycles. The average Bonchev–Trinajstić information content (AvgIpc) is 3.02. The molecular weight excluding hydrogens is 415 g/mol. The summed E-state index contributed by atoms with van der Waals surface area (Å²) < 4.78 is 14.2. The van der Waals surface area contributed by atoms with E-state index < -0.39 is 17.4 Å². The summed E-state index contributed by atoms with van der Waals surface area (Å²) in [5.41, 5.74) is 2.36. The third kappa shape index (κ3) is 4.39. The van der Waals surface area contributed by atoms with Gasteiger partial charge in [0.15, 0.2) is 0 Å². The van der Waals surface area contributed by atoms with Crippen LogP contribution < -0.4 is 15.6 Å². The number of carbonyl (C=O) groups excluding carboxylic acids is 3. The van der Waals surface area contributed by atoms with E-state index in [9.17, 15) is 18.8 Å². The monoisotopic (exact) mass is 442 g/mol. The Balaban J connectivity index is 1.24. The van der Waals surface area contributed by atoms with Crippen molar-refractivity contribution in [1.29, 1.82) is 5.26 Å². The first-order valence-electron chi connectivity index (χ1n) is 11.0. The van der Waals surface area contributed by atoms with Crippen LogP contribution in [0.4, 0.5) is 14.9 Å². The number of urea groups is 1. The first kappa shape index (κ1) is 22.0. The average molecular weight is 442 g/mol. The number of hydrazine groups is 1. The molecule has 1 spiro atoms. The van der Waals surface area contributed by atoms with Crippen molar-refractivity contribution in [2.24, 2.45) is 0 Å². The van der Waals surface area contributed by atoms with Crippen molar-refractivity contribution in [3.05, 3.63) is 29.6 Å². The van der Waals surface area contributed by atoms with E-state index in [4.69, 9.17) is 5.26 Å². The van der Waals surface area contributed by atoms with Gasteiger partial charge in [0.1, 0.15) is 11.4 Å². The second kappa shape index (κ2) is 9.12. The van der Waals surface area contributed by atoms with Crippen LogP contribution in [-0.2, 0) is 9.59 Å². The molecule has 10 heteroatoms. The zero-order chi connectivity index (χ0) is 22.7. The summed E-state index contributed by atoms with van der Waals surface area (Å²) in [6.45, 7) is 2.97. The van der Waals surface area contributed by atoms with Crippen LogP contribution in [0.25, 0.3) is 0 Å². The Labute approximate surface area is 186 Å². The molecule has 4 amide bonds. The molecule has 1 saturated carbocycles. The molecule has 4 rings (SSSR count). The Morgan fingerprint density at radius 1 is 1.16 bits per heavy atom. The minimum Gasteiger partial charge on any atom is -0.367 e. The number of hydrogen-bond donors (Lipinski definition) is 2. The number of amides is 4. The van der Waals surface area contributed by atoms with E-state index in [0.717, 1.165) is 24.3 Å². The second-order valence-electron chi connectivity index (χ2n) is 8.61. The SMILES string of the molecule is N#Cc1ccc(N2CCN(CCC(=O)NN3C(=O)NC4(CCCCC4)C3=O)CC2)c(F)c1. The number of piperazine rings is 1. The lowest BCUT2D eigenvalue weighted by Gasteiger charge is -2.36. The topological polar surface area (TPSA) is 109 Å². The summed E-state index contributed by atoms with van der Waals surface area (Å²) in [4.78, 5) is 41.4. The molecular formula is C22H27FN6O3. The number of nitrogens with one attached hydrogen (secondary N) is 2. The summed E-state index contributed by atoms with van der Waals surface area (Å²) in [6.07, 6.45) is 4.16. The number of rotatable bonds is 5. The van der Waals surface area contributed by atoms with Gasteiger partial charge in [-0.15, -0.1) is 0 Å². The first-order chi connectivity index (χ1) is 15.4. The van der Waals surface area contributed by atoms with Gasteiger partial charge in [-0.05, 0) is 31.0 Å². The van der Waals surface area contributed by atoms with Crippen molar-refractivity contribution in [2.75, 3.05) is 37.6 Å². The smallest absolute Gasteiger partial charge is 0.344 e. The molecule has 1 aromatic rings. The van der Waals surface area contributed by atoms with E-state index in [1.165, 1.54) is 6.07 Å². The third-order valence-electron chi connectivity index (χ3n) is 6.55. The highest BCUT2D eigenvalue weighted by atomic mass is 19.1. The van der Waals surface area contributed by atoms with E-state index >= 15 is 0 Å². The van der Waals surface area contributed by atoms with Crippen molar-refractivity contribution in [2.45, 2.75) is 44.1 Å². The molecule has 2 heterocycles. The third-order valence-corrected chi connectivity index (χ3v) is 6.55. The fourth-order valence-electron chi connectivity index (χ4n) is 4.70. The van der Waals surface area contributed by atoms with E-state index in [0.29, 0.717) is 51.3 Å². The number of anilines is 1. The highest BCUT2D eigenvalue weighted by molar-refractivity contribution is 6.08. The molecule has 2 N–H and O–H groups in total. The van der Waals surface area contributed by atoms with Gasteiger partial charge in [-0.2, -0.15) is 10.3 Å². The van der Waals surface area contributed by atoms with Crippen molar-refractivity contribution in [3.63, 3.8) is 0 Å². The van der Waals surface area contributed by atoms with E-state index in [1.807, 2.05) is 11.0 Å². The predicted octanol–water partition coefficient (Wildman–Crippen LogP) is 1.50. The minimum absolute atomic E-state index is 0.148. The zero-order valence-corrected chi connectivity index (χ0v) is 17.9. The van der Waals surface area contributed by atoms with Gasteiger partial charge in [-0.25, -0.2) is 9.18 Å². The summed E-state index contributed by atoms with van der Waals surface area (Å²) >= 11 is 0. The molecule has 0 unspecified atom stereocenters. The van der Waals surface area contributed by atoms with Crippen LogP contribution in [0, 0.1) is 17.1 Å². The molecule has 2 saturated heterocycles. The van der Waals surface area contributed by atoms with Crippen molar-refractivity contribution >= 4 is 23.5 Å². The molecule has 170 valence electrons. The van der Waals surface area contributed by atoms with Crippen molar-refractivity contribution < 1.29 is 18.8 Å². The van der Waals surface area contributed by atoms with Gasteiger partial charge in [-0.3, -0.25) is 19.9 Å². The largest absolute Gasteiger partial charge is 0.367 e. The minimum atomic E-state index is -0.861. The summed E-state index contributed by atoms with van der Waals surface area (Å²) in [5, 5.41) is 12.5. The maximum Gasteiger partial charge on any atom is 0.344 e. The molecule has 0 radical (unpaired) electrons. The van der Waals surface area contributed by atoms with Crippen LogP contribution in [0.2, 0.25) is 0 Å². The quantitative estimate of drug-likeness (QED) is 0.669. The van der Waals surface area contributed by atoms with Crippen LogP contribution in [0.1, 0.15) is 44.1 Å². The molecule has 3 aliphatic rings. The Morgan fingerprint density at radius 2 is 1.88 bits per heavy atom. The first-order valence-corrected chi connectivity index (χ1v) is 11.0. The van der Waals surface area contributed by atoms with Gasteiger partial charge in [0.25, 0.3) is 5.91 Å². The number of nitriles is 1. The summed E-state index contributed by atoms with van der Waals surface area (Å²) in [5.74, 6) is -1.17. The van der Waals surface area contributed by atoms with Gasteiger partial charge >= 0.3 is 6.03 Å². The fourth-order valence-corrected chi connectivity index (χ4v) is 4.70. The molecule has 3 fully saturated rings. The summed E-state index contributed by atoms with van der Waals surface area (Å²) in [6, 6.07) is 5.81. The lowest BCUT2D eigenvalue weighted by molar-refractivity contribution is -0.140. The highest BCUT2D eigenvalue weighted by Gasteiger charge is 2.52.